The molecule has 0 spiro atoms. The Morgan fingerprint density at radius 1 is 1.16 bits per heavy atom. The van der Waals surface area contributed by atoms with Crippen LogP contribution in [0.3, 0.4) is 0 Å². The van der Waals surface area contributed by atoms with E-state index in [4.69, 9.17) is 5.11 Å². The fraction of sp³-hybridized carbons (Fsp3) is 0.938. The van der Waals surface area contributed by atoms with Crippen molar-refractivity contribution in [2.45, 2.75) is 58.3 Å². The number of piperidine rings is 1. The molecule has 1 atom stereocenters. The van der Waals surface area contributed by atoms with Crippen LogP contribution in [0.5, 0.6) is 0 Å². The molecule has 0 aromatic carbocycles. The SMILES string of the molecule is CC(CC1CCCCC1)CN1CCC(C(=O)O)CC1. The third-order valence-electron chi connectivity index (χ3n) is 4.97. The largest absolute Gasteiger partial charge is 0.481 e. The zero-order valence-electron chi connectivity index (χ0n) is 12.3. The fourth-order valence-electron chi connectivity index (χ4n) is 3.87. The number of likely N-dealkylation sites (tertiary alicyclic amines) is 1. The summed E-state index contributed by atoms with van der Waals surface area (Å²) in [5.74, 6) is 1.03. The number of carboxylic acid groups (broad SMARTS) is 1. The lowest BCUT2D eigenvalue weighted by molar-refractivity contribution is -0.143. The van der Waals surface area contributed by atoms with Crippen molar-refractivity contribution in [3.63, 3.8) is 0 Å². The van der Waals surface area contributed by atoms with E-state index in [1.807, 2.05) is 0 Å². The van der Waals surface area contributed by atoms with Gasteiger partial charge in [-0.3, -0.25) is 4.79 Å². The molecule has 19 heavy (non-hydrogen) atoms. The van der Waals surface area contributed by atoms with E-state index in [2.05, 4.69) is 11.8 Å². The van der Waals surface area contributed by atoms with Crippen molar-refractivity contribution >= 4 is 5.97 Å². The normalized spacial score (nSPS) is 25.3. The summed E-state index contributed by atoms with van der Waals surface area (Å²) in [7, 11) is 0. The van der Waals surface area contributed by atoms with E-state index >= 15 is 0 Å². The fourth-order valence-corrected chi connectivity index (χ4v) is 3.87. The second-order valence-electron chi connectivity index (χ2n) is 6.76. The molecule has 1 saturated carbocycles. The van der Waals surface area contributed by atoms with Crippen molar-refractivity contribution in [2.24, 2.45) is 17.8 Å². The van der Waals surface area contributed by atoms with Crippen LogP contribution in [-0.2, 0) is 4.79 Å². The summed E-state index contributed by atoms with van der Waals surface area (Å²) in [6.07, 6.45) is 10.2. The highest BCUT2D eigenvalue weighted by atomic mass is 16.4. The number of rotatable bonds is 5. The maximum Gasteiger partial charge on any atom is 0.306 e. The molecule has 1 unspecified atom stereocenters. The molecule has 0 aromatic heterocycles. The minimum atomic E-state index is -0.602. The summed E-state index contributed by atoms with van der Waals surface area (Å²) >= 11 is 0. The molecule has 2 fully saturated rings. The summed E-state index contributed by atoms with van der Waals surface area (Å²) in [6.45, 7) is 5.50. The monoisotopic (exact) mass is 267 g/mol. The Morgan fingerprint density at radius 3 is 2.37 bits per heavy atom. The Bertz CT molecular complexity index is 278. The molecule has 1 saturated heterocycles. The van der Waals surface area contributed by atoms with Crippen LogP contribution in [0.25, 0.3) is 0 Å². The maximum absolute atomic E-state index is 10.9. The number of hydrogen-bond acceptors (Lipinski definition) is 2. The number of carboxylic acids is 1. The van der Waals surface area contributed by atoms with Crippen LogP contribution < -0.4 is 0 Å². The standard InChI is InChI=1S/C16H29NO2/c1-13(11-14-5-3-2-4-6-14)12-17-9-7-15(8-10-17)16(18)19/h13-15H,2-12H2,1H3,(H,18,19). The van der Waals surface area contributed by atoms with Gasteiger partial charge in [-0.25, -0.2) is 0 Å². The molecular formula is C16H29NO2. The molecule has 3 nitrogen and oxygen atoms in total. The lowest BCUT2D eigenvalue weighted by atomic mass is 9.83. The first-order chi connectivity index (χ1) is 9.15. The Kier molecular flexibility index (Phi) is 5.68. The van der Waals surface area contributed by atoms with E-state index in [0.29, 0.717) is 0 Å². The summed E-state index contributed by atoms with van der Waals surface area (Å²) < 4.78 is 0. The third kappa shape index (κ3) is 4.79. The Balaban J connectivity index is 1.65. The summed E-state index contributed by atoms with van der Waals surface area (Å²) in [5, 5.41) is 9.00. The van der Waals surface area contributed by atoms with Gasteiger partial charge in [-0.15, -0.1) is 0 Å². The van der Waals surface area contributed by atoms with Gasteiger partial charge in [-0.1, -0.05) is 39.0 Å². The third-order valence-corrected chi connectivity index (χ3v) is 4.97. The molecule has 0 bridgehead atoms. The van der Waals surface area contributed by atoms with Gasteiger partial charge in [-0.2, -0.15) is 0 Å². The molecule has 3 heteroatoms. The Hall–Kier alpha value is -0.570. The first-order valence-electron chi connectivity index (χ1n) is 8.10. The maximum atomic E-state index is 10.9. The zero-order chi connectivity index (χ0) is 13.7. The number of aliphatic carboxylic acids is 1. The first-order valence-corrected chi connectivity index (χ1v) is 8.10. The van der Waals surface area contributed by atoms with Crippen molar-refractivity contribution < 1.29 is 9.90 Å². The Morgan fingerprint density at radius 2 is 1.79 bits per heavy atom. The van der Waals surface area contributed by atoms with Crippen LogP contribution in [0.4, 0.5) is 0 Å². The van der Waals surface area contributed by atoms with Gasteiger partial charge in [0.15, 0.2) is 0 Å². The average Bonchev–Trinajstić information content (AvgIpc) is 2.40. The van der Waals surface area contributed by atoms with Crippen LogP contribution in [0.1, 0.15) is 58.3 Å². The van der Waals surface area contributed by atoms with Crippen molar-refractivity contribution in [3.8, 4) is 0 Å². The topological polar surface area (TPSA) is 40.5 Å². The quantitative estimate of drug-likeness (QED) is 0.830. The molecule has 2 aliphatic rings. The van der Waals surface area contributed by atoms with Crippen LogP contribution in [-0.4, -0.2) is 35.6 Å². The highest BCUT2D eigenvalue weighted by Crippen LogP contribution is 2.29. The smallest absolute Gasteiger partial charge is 0.306 e. The van der Waals surface area contributed by atoms with Gasteiger partial charge < -0.3 is 10.0 Å². The van der Waals surface area contributed by atoms with Gasteiger partial charge in [0, 0.05) is 6.54 Å². The molecule has 1 aliphatic carbocycles. The zero-order valence-corrected chi connectivity index (χ0v) is 12.3. The first kappa shape index (κ1) is 14.8. The van der Waals surface area contributed by atoms with Crippen molar-refractivity contribution in [1.29, 1.82) is 0 Å². The number of carbonyl (C=O) groups is 1. The molecule has 0 radical (unpaired) electrons. The van der Waals surface area contributed by atoms with Gasteiger partial charge in [0.05, 0.1) is 5.92 Å². The number of hydrogen-bond donors (Lipinski definition) is 1. The molecule has 1 heterocycles. The van der Waals surface area contributed by atoms with E-state index in [1.165, 1.54) is 45.1 Å². The minimum Gasteiger partial charge on any atom is -0.481 e. The van der Waals surface area contributed by atoms with Crippen molar-refractivity contribution in [1.82, 2.24) is 4.90 Å². The summed E-state index contributed by atoms with van der Waals surface area (Å²) in [6, 6.07) is 0. The van der Waals surface area contributed by atoms with Crippen molar-refractivity contribution in [2.75, 3.05) is 19.6 Å². The molecule has 0 amide bonds. The molecule has 110 valence electrons. The van der Waals surface area contributed by atoms with Crippen LogP contribution in [0.2, 0.25) is 0 Å². The highest BCUT2D eigenvalue weighted by Gasteiger charge is 2.25. The van der Waals surface area contributed by atoms with Gasteiger partial charge in [0.25, 0.3) is 0 Å². The van der Waals surface area contributed by atoms with E-state index < -0.39 is 5.97 Å². The average molecular weight is 267 g/mol. The highest BCUT2D eigenvalue weighted by molar-refractivity contribution is 5.70. The summed E-state index contributed by atoms with van der Waals surface area (Å²) in [5.41, 5.74) is 0. The lowest BCUT2D eigenvalue weighted by Gasteiger charge is -2.33. The second kappa shape index (κ2) is 7.28. The minimum absolute atomic E-state index is 0.0927. The van der Waals surface area contributed by atoms with Gasteiger partial charge >= 0.3 is 5.97 Å². The van der Waals surface area contributed by atoms with Gasteiger partial charge in [0.2, 0.25) is 0 Å². The van der Waals surface area contributed by atoms with E-state index in [0.717, 1.165) is 37.8 Å². The molecular weight excluding hydrogens is 238 g/mol. The van der Waals surface area contributed by atoms with Crippen LogP contribution in [0.15, 0.2) is 0 Å². The van der Waals surface area contributed by atoms with Crippen LogP contribution >= 0.6 is 0 Å². The van der Waals surface area contributed by atoms with E-state index in [-0.39, 0.29) is 5.92 Å². The predicted molar refractivity (Wildman–Crippen MR) is 77.2 cm³/mol. The lowest BCUT2D eigenvalue weighted by Crippen LogP contribution is -2.38. The second-order valence-corrected chi connectivity index (χ2v) is 6.76. The van der Waals surface area contributed by atoms with Crippen molar-refractivity contribution in [3.05, 3.63) is 0 Å². The molecule has 2 rings (SSSR count). The summed E-state index contributed by atoms with van der Waals surface area (Å²) in [4.78, 5) is 13.4. The van der Waals surface area contributed by atoms with E-state index in [1.54, 1.807) is 0 Å². The van der Waals surface area contributed by atoms with Gasteiger partial charge in [-0.05, 0) is 44.2 Å². The Labute approximate surface area is 117 Å². The van der Waals surface area contributed by atoms with E-state index in [9.17, 15) is 4.79 Å². The molecule has 1 aliphatic heterocycles. The molecule has 1 N–H and O–H groups in total. The van der Waals surface area contributed by atoms with Gasteiger partial charge in [0.1, 0.15) is 0 Å². The molecule has 0 aromatic rings. The van der Waals surface area contributed by atoms with Crippen LogP contribution in [0, 0.1) is 17.8 Å². The number of nitrogens with zero attached hydrogens (tertiary/aromatic N) is 1. The predicted octanol–water partition coefficient (Wildman–Crippen LogP) is 3.39.